The van der Waals surface area contributed by atoms with E-state index in [1.165, 1.54) is 4.90 Å². The van der Waals surface area contributed by atoms with Gasteiger partial charge in [0.05, 0.1) is 17.8 Å². The van der Waals surface area contributed by atoms with Gasteiger partial charge >= 0.3 is 0 Å². The maximum absolute atomic E-state index is 12.5. The van der Waals surface area contributed by atoms with E-state index in [1.54, 1.807) is 13.1 Å². The van der Waals surface area contributed by atoms with Gasteiger partial charge in [-0.25, -0.2) is 8.78 Å². The third kappa shape index (κ3) is 2.56. The van der Waals surface area contributed by atoms with Crippen LogP contribution in [0.5, 0.6) is 0 Å². The molecule has 0 atom stereocenters. The van der Waals surface area contributed by atoms with Crippen molar-refractivity contribution < 1.29 is 8.78 Å². The van der Waals surface area contributed by atoms with E-state index < -0.39 is 6.43 Å². The van der Waals surface area contributed by atoms with Crippen LogP contribution in [0.3, 0.4) is 0 Å². The zero-order valence-electron chi connectivity index (χ0n) is 10.1. The highest BCUT2D eigenvalue weighted by molar-refractivity contribution is 5.91. The quantitative estimate of drug-likeness (QED) is 0.907. The molecule has 0 saturated heterocycles. The van der Waals surface area contributed by atoms with Crippen LogP contribution in [0.1, 0.15) is 5.69 Å². The predicted octanol–water partition coefficient (Wildman–Crippen LogP) is 2.39. The number of anilines is 1. The van der Waals surface area contributed by atoms with Crippen molar-refractivity contribution in [3.8, 4) is 0 Å². The van der Waals surface area contributed by atoms with Crippen LogP contribution in [0.25, 0.3) is 10.9 Å². The maximum atomic E-state index is 12.5. The number of halogens is 2. The van der Waals surface area contributed by atoms with Crippen LogP contribution in [0.15, 0.2) is 30.3 Å². The summed E-state index contributed by atoms with van der Waals surface area (Å²) < 4.78 is 24.9. The number of rotatable bonds is 4. The Labute approximate surface area is 104 Å². The largest absolute Gasteiger partial charge is 0.368 e. The molecule has 18 heavy (non-hydrogen) atoms. The fraction of sp³-hybridized carbons (Fsp3) is 0.308. The lowest BCUT2D eigenvalue weighted by molar-refractivity contribution is 0.156. The molecule has 1 aromatic carbocycles. The number of nitrogens with two attached hydrogens (primary N) is 1. The standard InChI is InChI=1S/C13H15F2N3/c1-18(8-13(14)15)12-6-9(7-16)17-11-5-3-2-4-10(11)12/h2-6,13H,7-8,16H2,1H3. The van der Waals surface area contributed by atoms with Gasteiger partial charge in [0, 0.05) is 24.7 Å². The smallest absolute Gasteiger partial charge is 0.255 e. The van der Waals surface area contributed by atoms with Crippen molar-refractivity contribution in [3.05, 3.63) is 36.0 Å². The first-order valence-electron chi connectivity index (χ1n) is 5.70. The van der Waals surface area contributed by atoms with Crippen molar-refractivity contribution in [1.29, 1.82) is 0 Å². The number of fused-ring (bicyclic) bond motifs is 1. The lowest BCUT2D eigenvalue weighted by atomic mass is 10.1. The van der Waals surface area contributed by atoms with Crippen LogP contribution in [0.2, 0.25) is 0 Å². The lowest BCUT2D eigenvalue weighted by Crippen LogP contribution is -2.24. The molecule has 0 saturated carbocycles. The number of benzene rings is 1. The molecule has 0 radical (unpaired) electrons. The number of alkyl halides is 2. The first-order chi connectivity index (χ1) is 8.61. The Morgan fingerprint density at radius 2 is 2.06 bits per heavy atom. The Bertz CT molecular complexity index is 543. The summed E-state index contributed by atoms with van der Waals surface area (Å²) in [6.45, 7) is -0.0155. The molecule has 3 nitrogen and oxygen atoms in total. The molecule has 96 valence electrons. The highest BCUT2D eigenvalue weighted by atomic mass is 19.3. The predicted molar refractivity (Wildman–Crippen MR) is 68.9 cm³/mol. The average Bonchev–Trinajstić information content (AvgIpc) is 2.36. The molecule has 0 amide bonds. The van der Waals surface area contributed by atoms with Crippen molar-refractivity contribution in [2.24, 2.45) is 5.73 Å². The molecule has 0 aliphatic carbocycles. The number of hydrogen-bond acceptors (Lipinski definition) is 3. The molecule has 0 bridgehead atoms. The van der Waals surface area contributed by atoms with Crippen LogP contribution < -0.4 is 10.6 Å². The third-order valence-corrected chi connectivity index (χ3v) is 2.78. The van der Waals surface area contributed by atoms with Gasteiger partial charge in [-0.3, -0.25) is 4.98 Å². The van der Waals surface area contributed by atoms with Crippen molar-refractivity contribution in [1.82, 2.24) is 4.98 Å². The molecule has 0 aliphatic heterocycles. The number of nitrogens with zero attached hydrogens (tertiary/aromatic N) is 2. The zero-order chi connectivity index (χ0) is 13.1. The number of para-hydroxylation sites is 1. The lowest BCUT2D eigenvalue weighted by Gasteiger charge is -2.21. The van der Waals surface area contributed by atoms with Crippen LogP contribution in [-0.2, 0) is 6.54 Å². The van der Waals surface area contributed by atoms with Gasteiger partial charge in [-0.1, -0.05) is 18.2 Å². The minimum absolute atomic E-state index is 0.292. The van der Waals surface area contributed by atoms with E-state index in [0.717, 1.165) is 16.6 Å². The number of aromatic nitrogens is 1. The summed E-state index contributed by atoms with van der Waals surface area (Å²) >= 11 is 0. The Hall–Kier alpha value is -1.75. The topological polar surface area (TPSA) is 42.1 Å². The molecule has 2 N–H and O–H groups in total. The summed E-state index contributed by atoms with van der Waals surface area (Å²) in [6, 6.07) is 9.23. The molecule has 1 aromatic heterocycles. The van der Waals surface area contributed by atoms with Gasteiger partial charge in [-0.05, 0) is 12.1 Å². The summed E-state index contributed by atoms with van der Waals surface area (Å²) in [5.74, 6) is 0. The van der Waals surface area contributed by atoms with Crippen molar-refractivity contribution in [2.75, 3.05) is 18.5 Å². The van der Waals surface area contributed by atoms with E-state index in [-0.39, 0.29) is 6.54 Å². The zero-order valence-corrected chi connectivity index (χ0v) is 10.1. The van der Waals surface area contributed by atoms with Crippen LogP contribution in [-0.4, -0.2) is 25.0 Å². The molecule has 5 heteroatoms. The second-order valence-corrected chi connectivity index (χ2v) is 4.13. The summed E-state index contributed by atoms with van der Waals surface area (Å²) in [5, 5.41) is 0.859. The van der Waals surface area contributed by atoms with E-state index in [0.29, 0.717) is 12.2 Å². The van der Waals surface area contributed by atoms with Gasteiger partial charge in [0.25, 0.3) is 6.43 Å². The molecular weight excluding hydrogens is 236 g/mol. The highest BCUT2D eigenvalue weighted by Crippen LogP contribution is 2.26. The van der Waals surface area contributed by atoms with Gasteiger partial charge in [0.15, 0.2) is 0 Å². The van der Waals surface area contributed by atoms with Crippen molar-refractivity contribution in [2.45, 2.75) is 13.0 Å². The molecule has 0 unspecified atom stereocenters. The second kappa shape index (κ2) is 5.27. The molecule has 1 heterocycles. The Morgan fingerprint density at radius 1 is 1.33 bits per heavy atom. The Kier molecular flexibility index (Phi) is 3.72. The highest BCUT2D eigenvalue weighted by Gasteiger charge is 2.12. The van der Waals surface area contributed by atoms with Crippen LogP contribution >= 0.6 is 0 Å². The molecule has 0 aliphatic rings. The van der Waals surface area contributed by atoms with E-state index in [2.05, 4.69) is 4.98 Å². The maximum Gasteiger partial charge on any atom is 0.255 e. The fourth-order valence-electron chi connectivity index (χ4n) is 1.94. The third-order valence-electron chi connectivity index (χ3n) is 2.78. The van der Waals surface area contributed by atoms with Gasteiger partial charge < -0.3 is 10.6 Å². The van der Waals surface area contributed by atoms with Crippen LogP contribution in [0, 0.1) is 0 Å². The molecule has 2 aromatic rings. The Morgan fingerprint density at radius 3 is 2.72 bits per heavy atom. The summed E-state index contributed by atoms with van der Waals surface area (Å²) in [5.41, 5.74) is 7.79. The molecule has 0 spiro atoms. The van der Waals surface area contributed by atoms with Gasteiger partial charge in [0.1, 0.15) is 0 Å². The van der Waals surface area contributed by atoms with E-state index in [9.17, 15) is 8.78 Å². The first kappa shape index (κ1) is 12.7. The summed E-state index contributed by atoms with van der Waals surface area (Å²) in [7, 11) is 1.65. The van der Waals surface area contributed by atoms with Gasteiger partial charge in [0.2, 0.25) is 0 Å². The number of pyridine rings is 1. The average molecular weight is 251 g/mol. The SMILES string of the molecule is CN(CC(F)F)c1cc(CN)nc2ccccc12. The molecule has 0 fully saturated rings. The fourth-order valence-corrected chi connectivity index (χ4v) is 1.94. The van der Waals surface area contributed by atoms with E-state index >= 15 is 0 Å². The summed E-state index contributed by atoms with van der Waals surface area (Å²) in [4.78, 5) is 5.91. The van der Waals surface area contributed by atoms with Crippen molar-refractivity contribution >= 4 is 16.6 Å². The second-order valence-electron chi connectivity index (χ2n) is 4.13. The van der Waals surface area contributed by atoms with E-state index in [4.69, 9.17) is 5.73 Å². The molecule has 2 rings (SSSR count). The minimum atomic E-state index is -2.37. The molecular formula is C13H15F2N3. The first-order valence-corrected chi connectivity index (χ1v) is 5.70. The van der Waals surface area contributed by atoms with Gasteiger partial charge in [-0.2, -0.15) is 0 Å². The Balaban J connectivity index is 2.53. The van der Waals surface area contributed by atoms with E-state index in [1.807, 2.05) is 24.3 Å². The number of hydrogen-bond donors (Lipinski definition) is 1. The van der Waals surface area contributed by atoms with Crippen LogP contribution in [0.4, 0.5) is 14.5 Å². The summed E-state index contributed by atoms with van der Waals surface area (Å²) in [6.07, 6.45) is -2.37. The normalized spacial score (nSPS) is 11.2. The monoisotopic (exact) mass is 251 g/mol. The minimum Gasteiger partial charge on any atom is -0.368 e. The van der Waals surface area contributed by atoms with Crippen molar-refractivity contribution in [3.63, 3.8) is 0 Å². The van der Waals surface area contributed by atoms with Gasteiger partial charge in [-0.15, -0.1) is 0 Å².